The third kappa shape index (κ3) is 4.47. The van der Waals surface area contributed by atoms with Crippen LogP contribution in [0.2, 0.25) is 0 Å². The van der Waals surface area contributed by atoms with Gasteiger partial charge in [-0.05, 0) is 53.7 Å². The molecule has 0 atom stereocenters. The number of nitrogens with zero attached hydrogens (tertiary/aromatic N) is 2. The zero-order valence-electron chi connectivity index (χ0n) is 14.8. The number of benzene rings is 1. The van der Waals surface area contributed by atoms with Crippen LogP contribution in [0.5, 0.6) is 0 Å². The van der Waals surface area contributed by atoms with E-state index in [1.165, 1.54) is 4.57 Å². The second-order valence-electron chi connectivity index (χ2n) is 7.37. The van der Waals surface area contributed by atoms with E-state index in [1.54, 1.807) is 65.8 Å². The van der Waals surface area contributed by atoms with Crippen molar-refractivity contribution >= 4 is 29.2 Å². The highest BCUT2D eigenvalue weighted by atomic mass is 16.6. The van der Waals surface area contributed by atoms with Gasteiger partial charge < -0.3 is 9.47 Å². The number of anilines is 1. The van der Waals surface area contributed by atoms with E-state index >= 15 is 0 Å². The van der Waals surface area contributed by atoms with Crippen LogP contribution in [0.4, 0.5) is 15.5 Å². The topological polar surface area (TPSA) is 82.5 Å². The van der Waals surface area contributed by atoms with E-state index in [0.29, 0.717) is 11.0 Å². The summed E-state index contributed by atoms with van der Waals surface area (Å²) in [6.45, 7) is 10.6. The monoisotopic (exact) mass is 333 g/mol. The number of imidazole rings is 1. The van der Waals surface area contributed by atoms with Crippen LogP contribution in [-0.4, -0.2) is 32.9 Å². The number of amides is 1. The van der Waals surface area contributed by atoms with Crippen molar-refractivity contribution in [3.05, 3.63) is 24.3 Å². The number of hydrogen-bond donors (Lipinski definition) is 1. The average Bonchev–Trinajstić information content (AvgIpc) is 2.71. The molecule has 0 saturated carbocycles. The molecule has 1 amide bonds. The summed E-state index contributed by atoms with van der Waals surface area (Å²) >= 11 is 0. The van der Waals surface area contributed by atoms with Gasteiger partial charge in [0.05, 0.1) is 11.0 Å². The Hall–Kier alpha value is -2.57. The molecule has 0 unspecified atom stereocenters. The van der Waals surface area contributed by atoms with Crippen molar-refractivity contribution < 1.29 is 19.1 Å². The van der Waals surface area contributed by atoms with E-state index in [-0.39, 0.29) is 5.95 Å². The van der Waals surface area contributed by atoms with E-state index in [9.17, 15) is 9.59 Å². The van der Waals surface area contributed by atoms with E-state index in [2.05, 4.69) is 10.3 Å². The molecule has 1 aromatic carbocycles. The maximum Gasteiger partial charge on any atom is 0.421 e. The van der Waals surface area contributed by atoms with Crippen LogP contribution in [0, 0.1) is 0 Å². The Bertz CT molecular complexity index is 766. The van der Waals surface area contributed by atoms with Gasteiger partial charge >= 0.3 is 12.2 Å². The summed E-state index contributed by atoms with van der Waals surface area (Å²) in [6.07, 6.45) is -1.31. The Morgan fingerprint density at radius 2 is 1.58 bits per heavy atom. The molecule has 130 valence electrons. The van der Waals surface area contributed by atoms with Crippen molar-refractivity contribution in [2.45, 2.75) is 52.7 Å². The number of nitrogens with one attached hydrogen (secondary N) is 1. The van der Waals surface area contributed by atoms with Gasteiger partial charge in [-0.15, -0.1) is 0 Å². The van der Waals surface area contributed by atoms with Crippen LogP contribution in [0.3, 0.4) is 0 Å². The van der Waals surface area contributed by atoms with Crippen LogP contribution < -0.4 is 5.32 Å². The highest BCUT2D eigenvalue weighted by Crippen LogP contribution is 2.22. The molecule has 0 bridgehead atoms. The Morgan fingerprint density at radius 3 is 2.17 bits per heavy atom. The molecule has 0 aliphatic rings. The molecule has 7 nitrogen and oxygen atoms in total. The molecular weight excluding hydrogens is 310 g/mol. The molecule has 0 saturated heterocycles. The summed E-state index contributed by atoms with van der Waals surface area (Å²) in [4.78, 5) is 28.8. The number of hydrogen-bond acceptors (Lipinski definition) is 5. The summed E-state index contributed by atoms with van der Waals surface area (Å²) < 4.78 is 11.8. The molecule has 0 fully saturated rings. The van der Waals surface area contributed by atoms with Crippen LogP contribution in [0.15, 0.2) is 24.3 Å². The average molecular weight is 333 g/mol. The highest BCUT2D eigenvalue weighted by Gasteiger charge is 2.25. The number of ether oxygens (including phenoxy) is 2. The molecule has 2 rings (SSSR count). The molecule has 7 heteroatoms. The minimum Gasteiger partial charge on any atom is -0.444 e. The van der Waals surface area contributed by atoms with Gasteiger partial charge in [-0.1, -0.05) is 12.1 Å². The molecular formula is C17H23N3O4. The number of para-hydroxylation sites is 2. The zero-order chi connectivity index (χ0) is 18.1. The first-order valence-electron chi connectivity index (χ1n) is 7.67. The van der Waals surface area contributed by atoms with Gasteiger partial charge in [0.15, 0.2) is 0 Å². The maximum absolute atomic E-state index is 12.5. The summed E-state index contributed by atoms with van der Waals surface area (Å²) in [5, 5.41) is 2.51. The smallest absolute Gasteiger partial charge is 0.421 e. The third-order valence-electron chi connectivity index (χ3n) is 2.75. The molecule has 1 aromatic heterocycles. The first-order chi connectivity index (χ1) is 11.0. The van der Waals surface area contributed by atoms with Crippen LogP contribution >= 0.6 is 0 Å². The van der Waals surface area contributed by atoms with E-state index < -0.39 is 23.4 Å². The lowest BCUT2D eigenvalue weighted by molar-refractivity contribution is 0.0546. The second-order valence-corrected chi connectivity index (χ2v) is 7.37. The zero-order valence-corrected chi connectivity index (χ0v) is 14.8. The molecule has 0 radical (unpaired) electrons. The maximum atomic E-state index is 12.5. The van der Waals surface area contributed by atoms with Gasteiger partial charge in [0, 0.05) is 0 Å². The van der Waals surface area contributed by atoms with Crippen LogP contribution in [0.25, 0.3) is 11.0 Å². The Morgan fingerprint density at radius 1 is 1.00 bits per heavy atom. The van der Waals surface area contributed by atoms with Crippen molar-refractivity contribution in [1.82, 2.24) is 9.55 Å². The second kappa shape index (κ2) is 6.14. The van der Waals surface area contributed by atoms with Crippen LogP contribution in [-0.2, 0) is 9.47 Å². The summed E-state index contributed by atoms with van der Waals surface area (Å²) in [7, 11) is 0. The lowest BCUT2D eigenvalue weighted by Gasteiger charge is -2.21. The van der Waals surface area contributed by atoms with Crippen molar-refractivity contribution in [2.24, 2.45) is 0 Å². The fourth-order valence-corrected chi connectivity index (χ4v) is 2.00. The first-order valence-corrected chi connectivity index (χ1v) is 7.67. The van der Waals surface area contributed by atoms with E-state index in [1.807, 2.05) is 0 Å². The molecule has 0 spiro atoms. The largest absolute Gasteiger partial charge is 0.444 e. The number of carbonyl (C=O) groups is 2. The van der Waals surface area contributed by atoms with Gasteiger partial charge in [-0.2, -0.15) is 0 Å². The Balaban J connectivity index is 2.40. The molecule has 0 aliphatic carbocycles. The summed E-state index contributed by atoms with van der Waals surface area (Å²) in [5.41, 5.74) is -0.231. The number of rotatable bonds is 1. The molecule has 2 aromatic rings. The molecule has 0 aliphatic heterocycles. The molecule has 1 N–H and O–H groups in total. The Labute approximate surface area is 141 Å². The quantitative estimate of drug-likeness (QED) is 0.847. The fraction of sp³-hybridized carbons (Fsp3) is 0.471. The van der Waals surface area contributed by atoms with Crippen LogP contribution in [0.1, 0.15) is 41.5 Å². The van der Waals surface area contributed by atoms with Crippen molar-refractivity contribution in [2.75, 3.05) is 5.32 Å². The molecule has 24 heavy (non-hydrogen) atoms. The third-order valence-corrected chi connectivity index (χ3v) is 2.75. The Kier molecular flexibility index (Phi) is 4.55. The minimum absolute atomic E-state index is 0.0553. The molecule has 1 heterocycles. The predicted octanol–water partition coefficient (Wildman–Crippen LogP) is 4.17. The lowest BCUT2D eigenvalue weighted by Crippen LogP contribution is -2.31. The van der Waals surface area contributed by atoms with Gasteiger partial charge in [0.2, 0.25) is 5.95 Å². The van der Waals surface area contributed by atoms with Crippen molar-refractivity contribution in [3.8, 4) is 0 Å². The highest BCUT2D eigenvalue weighted by molar-refractivity contribution is 5.94. The van der Waals surface area contributed by atoms with Gasteiger partial charge in [-0.3, -0.25) is 5.32 Å². The summed E-state index contributed by atoms with van der Waals surface area (Å²) in [6, 6.07) is 7.05. The van der Waals surface area contributed by atoms with E-state index in [4.69, 9.17) is 9.47 Å². The van der Waals surface area contributed by atoms with Gasteiger partial charge in [0.25, 0.3) is 0 Å². The lowest BCUT2D eigenvalue weighted by atomic mass is 10.2. The number of carbonyl (C=O) groups excluding carboxylic acids is 2. The minimum atomic E-state index is -0.692. The standard InChI is InChI=1S/C17H23N3O4/c1-16(2,3)23-14(21)19-13-18-11-9-7-8-10-12(11)20(13)15(22)24-17(4,5)6/h7-10H,1-6H3,(H,18,19,21). The normalized spacial score (nSPS) is 12.1. The van der Waals surface area contributed by atoms with Crippen molar-refractivity contribution in [3.63, 3.8) is 0 Å². The van der Waals surface area contributed by atoms with Crippen molar-refractivity contribution in [1.29, 1.82) is 0 Å². The first kappa shape index (κ1) is 17.8. The summed E-state index contributed by atoms with van der Waals surface area (Å²) in [5.74, 6) is 0.0553. The van der Waals surface area contributed by atoms with Gasteiger partial charge in [-0.25, -0.2) is 19.1 Å². The van der Waals surface area contributed by atoms with E-state index in [0.717, 1.165) is 0 Å². The van der Waals surface area contributed by atoms with Gasteiger partial charge in [0.1, 0.15) is 11.2 Å². The number of aromatic nitrogens is 2. The predicted molar refractivity (Wildman–Crippen MR) is 91.2 cm³/mol. The number of fused-ring (bicyclic) bond motifs is 1. The fourth-order valence-electron chi connectivity index (χ4n) is 2.00. The SMILES string of the molecule is CC(C)(C)OC(=O)Nc1nc2ccccc2n1C(=O)OC(C)(C)C.